The molecule has 6 heteroatoms. The van der Waals surface area contributed by atoms with Crippen LogP contribution in [-0.4, -0.2) is 52.4 Å². The first-order valence-electron chi connectivity index (χ1n) is 11.4. The second-order valence-electron chi connectivity index (χ2n) is 8.52. The second kappa shape index (κ2) is 10.8. The molecule has 1 unspecified atom stereocenters. The zero-order chi connectivity index (χ0) is 23.0. The lowest BCUT2D eigenvalue weighted by Crippen LogP contribution is -2.46. The number of carbonyl (C=O) groups is 2. The molecular formula is C27H30N4O2. The van der Waals surface area contributed by atoms with Crippen LogP contribution < -0.4 is 5.32 Å². The summed E-state index contributed by atoms with van der Waals surface area (Å²) < 4.78 is 0. The molecule has 3 aromatic rings. The third-order valence-electron chi connectivity index (χ3n) is 5.98. The van der Waals surface area contributed by atoms with Gasteiger partial charge in [0.2, 0.25) is 0 Å². The number of likely N-dealkylation sites (tertiary alicyclic amines) is 1. The second-order valence-corrected chi connectivity index (χ2v) is 8.52. The van der Waals surface area contributed by atoms with Crippen molar-refractivity contribution in [1.82, 2.24) is 20.1 Å². The molecule has 0 spiro atoms. The number of pyridine rings is 1. The number of carbonyl (C=O) groups excluding carboxylic acids is 2. The lowest BCUT2D eigenvalue weighted by Gasteiger charge is -2.25. The van der Waals surface area contributed by atoms with Gasteiger partial charge in [-0.15, -0.1) is 0 Å². The lowest BCUT2D eigenvalue weighted by molar-refractivity contribution is 0.0788. The Morgan fingerprint density at radius 2 is 1.70 bits per heavy atom. The summed E-state index contributed by atoms with van der Waals surface area (Å²) in [4.78, 5) is 33.9. The predicted molar refractivity (Wildman–Crippen MR) is 129 cm³/mol. The van der Waals surface area contributed by atoms with E-state index < -0.39 is 0 Å². The standard InChI is InChI=1S/C27H30N4O2/c1-21-12-13-24(18-28-21)26(32)30-17-15-25(20-30)29-27(33)31(19-23-10-6-3-7-11-23)16-14-22-8-4-2-5-9-22/h2-13,18,25H,14-17,19-20H2,1H3,(H,29,33). The van der Waals surface area contributed by atoms with Crippen molar-refractivity contribution in [3.8, 4) is 0 Å². The van der Waals surface area contributed by atoms with Crippen molar-refractivity contribution in [1.29, 1.82) is 0 Å². The van der Waals surface area contributed by atoms with Gasteiger partial charge in [0.25, 0.3) is 5.91 Å². The molecule has 1 aliphatic heterocycles. The predicted octanol–water partition coefficient (Wildman–Crippen LogP) is 4.06. The number of rotatable bonds is 7. The molecule has 0 saturated carbocycles. The Balaban J connectivity index is 1.37. The van der Waals surface area contributed by atoms with Gasteiger partial charge in [-0.25, -0.2) is 4.79 Å². The topological polar surface area (TPSA) is 65.5 Å². The summed E-state index contributed by atoms with van der Waals surface area (Å²) in [7, 11) is 0. The van der Waals surface area contributed by atoms with E-state index in [9.17, 15) is 9.59 Å². The van der Waals surface area contributed by atoms with Gasteiger partial charge >= 0.3 is 6.03 Å². The van der Waals surface area contributed by atoms with Gasteiger partial charge in [0.1, 0.15) is 0 Å². The molecule has 0 aliphatic carbocycles. The fourth-order valence-corrected chi connectivity index (χ4v) is 4.07. The number of nitrogens with zero attached hydrogens (tertiary/aromatic N) is 3. The zero-order valence-corrected chi connectivity index (χ0v) is 19.0. The van der Waals surface area contributed by atoms with Crippen molar-refractivity contribution in [2.75, 3.05) is 19.6 Å². The summed E-state index contributed by atoms with van der Waals surface area (Å²) in [6.45, 7) is 4.20. The minimum absolute atomic E-state index is 0.0375. The van der Waals surface area contributed by atoms with Crippen LogP contribution >= 0.6 is 0 Å². The van der Waals surface area contributed by atoms with Crippen LogP contribution in [0, 0.1) is 6.92 Å². The Labute approximate surface area is 195 Å². The Bertz CT molecular complexity index is 1050. The van der Waals surface area contributed by atoms with Crippen LogP contribution in [0.25, 0.3) is 0 Å². The number of benzene rings is 2. The van der Waals surface area contributed by atoms with E-state index in [0.717, 1.165) is 24.1 Å². The Kier molecular flexibility index (Phi) is 7.35. The Hall–Kier alpha value is -3.67. The zero-order valence-electron chi connectivity index (χ0n) is 19.0. The molecule has 6 nitrogen and oxygen atoms in total. The maximum Gasteiger partial charge on any atom is 0.317 e. The van der Waals surface area contributed by atoms with Gasteiger partial charge in [0.15, 0.2) is 0 Å². The molecule has 1 aliphatic rings. The monoisotopic (exact) mass is 442 g/mol. The highest BCUT2D eigenvalue weighted by molar-refractivity contribution is 5.94. The van der Waals surface area contributed by atoms with Crippen molar-refractivity contribution in [2.24, 2.45) is 0 Å². The minimum Gasteiger partial charge on any atom is -0.336 e. The number of nitrogens with one attached hydrogen (secondary N) is 1. The van der Waals surface area contributed by atoms with Crippen LogP contribution in [0.3, 0.4) is 0 Å². The number of hydrogen-bond acceptors (Lipinski definition) is 3. The van der Waals surface area contributed by atoms with E-state index in [1.165, 1.54) is 5.56 Å². The number of aromatic nitrogens is 1. The van der Waals surface area contributed by atoms with E-state index >= 15 is 0 Å². The van der Waals surface area contributed by atoms with Gasteiger partial charge in [-0.05, 0) is 43.0 Å². The molecule has 1 atom stereocenters. The summed E-state index contributed by atoms with van der Waals surface area (Å²) in [5, 5.41) is 3.16. The lowest BCUT2D eigenvalue weighted by atomic mass is 10.1. The fourth-order valence-electron chi connectivity index (χ4n) is 4.07. The molecule has 1 N–H and O–H groups in total. The first kappa shape index (κ1) is 22.5. The largest absolute Gasteiger partial charge is 0.336 e. The number of amides is 3. The van der Waals surface area contributed by atoms with Gasteiger partial charge < -0.3 is 15.1 Å². The molecule has 0 bridgehead atoms. The molecule has 1 saturated heterocycles. The first-order valence-corrected chi connectivity index (χ1v) is 11.4. The Morgan fingerprint density at radius 3 is 2.36 bits per heavy atom. The van der Waals surface area contributed by atoms with Gasteiger partial charge in [-0.2, -0.15) is 0 Å². The van der Waals surface area contributed by atoms with Crippen LogP contribution in [0.15, 0.2) is 79.0 Å². The van der Waals surface area contributed by atoms with Crippen molar-refractivity contribution in [3.63, 3.8) is 0 Å². The normalized spacial score (nSPS) is 15.3. The molecule has 0 radical (unpaired) electrons. The first-order chi connectivity index (χ1) is 16.1. The highest BCUT2D eigenvalue weighted by Gasteiger charge is 2.29. The summed E-state index contributed by atoms with van der Waals surface area (Å²) in [6.07, 6.45) is 3.15. The summed E-state index contributed by atoms with van der Waals surface area (Å²) in [5.41, 5.74) is 3.76. The minimum atomic E-state index is -0.0916. The van der Waals surface area contributed by atoms with Crippen molar-refractivity contribution >= 4 is 11.9 Å². The van der Waals surface area contributed by atoms with Crippen molar-refractivity contribution < 1.29 is 9.59 Å². The molecule has 1 aromatic heterocycles. The van der Waals surface area contributed by atoms with Gasteiger partial charge in [0, 0.05) is 44.1 Å². The third-order valence-corrected chi connectivity index (χ3v) is 5.98. The summed E-state index contributed by atoms with van der Waals surface area (Å²) >= 11 is 0. The SMILES string of the molecule is Cc1ccc(C(=O)N2CCC(NC(=O)N(CCc3ccccc3)Cc3ccccc3)C2)cn1. The van der Waals surface area contributed by atoms with Crippen LogP contribution in [0.5, 0.6) is 0 Å². The molecule has 2 aromatic carbocycles. The quantitative estimate of drug-likeness (QED) is 0.600. The summed E-state index contributed by atoms with van der Waals surface area (Å²) in [5.74, 6) is -0.0375. The molecular weight excluding hydrogens is 412 g/mol. The van der Waals surface area contributed by atoms with Gasteiger partial charge in [-0.1, -0.05) is 60.7 Å². The fraction of sp³-hybridized carbons (Fsp3) is 0.296. The highest BCUT2D eigenvalue weighted by atomic mass is 16.2. The maximum absolute atomic E-state index is 13.2. The van der Waals surface area contributed by atoms with Crippen LogP contribution in [0.1, 0.15) is 33.6 Å². The van der Waals surface area contributed by atoms with Gasteiger partial charge in [0.05, 0.1) is 5.56 Å². The average molecular weight is 443 g/mol. The Morgan fingerprint density at radius 1 is 1.00 bits per heavy atom. The molecule has 33 heavy (non-hydrogen) atoms. The van der Waals surface area contributed by atoms with E-state index in [1.54, 1.807) is 11.1 Å². The molecule has 3 amide bonds. The number of hydrogen-bond donors (Lipinski definition) is 1. The van der Waals surface area contributed by atoms with E-state index in [2.05, 4.69) is 22.4 Å². The van der Waals surface area contributed by atoms with Crippen LogP contribution in [0.2, 0.25) is 0 Å². The number of urea groups is 1. The molecule has 1 fully saturated rings. The molecule has 2 heterocycles. The number of aryl methyl sites for hydroxylation is 1. The van der Waals surface area contributed by atoms with E-state index in [1.807, 2.05) is 72.5 Å². The molecule has 170 valence electrons. The molecule has 4 rings (SSSR count). The van der Waals surface area contributed by atoms with Crippen LogP contribution in [-0.2, 0) is 13.0 Å². The van der Waals surface area contributed by atoms with Gasteiger partial charge in [-0.3, -0.25) is 9.78 Å². The third kappa shape index (κ3) is 6.19. The smallest absolute Gasteiger partial charge is 0.317 e. The van der Waals surface area contributed by atoms with Crippen molar-refractivity contribution in [2.45, 2.75) is 32.4 Å². The van der Waals surface area contributed by atoms with Crippen LogP contribution in [0.4, 0.5) is 4.79 Å². The van der Waals surface area contributed by atoms with E-state index in [-0.39, 0.29) is 18.0 Å². The van der Waals surface area contributed by atoms with Crippen molar-refractivity contribution in [3.05, 3.63) is 101 Å². The summed E-state index contributed by atoms with van der Waals surface area (Å²) in [6, 6.07) is 23.7. The maximum atomic E-state index is 13.2. The van der Waals surface area contributed by atoms with E-state index in [0.29, 0.717) is 31.7 Å². The average Bonchev–Trinajstić information content (AvgIpc) is 3.31. The van der Waals surface area contributed by atoms with E-state index in [4.69, 9.17) is 0 Å². The highest BCUT2D eigenvalue weighted by Crippen LogP contribution is 2.15.